The van der Waals surface area contributed by atoms with Crippen LogP contribution in [-0.2, 0) is 16.5 Å². The summed E-state index contributed by atoms with van der Waals surface area (Å²) in [7, 11) is 0. The van der Waals surface area contributed by atoms with E-state index in [1.807, 2.05) is 6.92 Å². The number of nitrogens with one attached hydrogen (secondary N) is 1. The van der Waals surface area contributed by atoms with Crippen molar-refractivity contribution in [2.75, 3.05) is 11.1 Å². The van der Waals surface area contributed by atoms with Crippen LogP contribution in [0.2, 0.25) is 0 Å². The summed E-state index contributed by atoms with van der Waals surface area (Å²) in [5, 5.41) is 2.87. The van der Waals surface area contributed by atoms with E-state index in [9.17, 15) is 22.4 Å². The maximum atomic E-state index is 14.2. The number of nitrogens with two attached hydrogens (primary N) is 1. The highest BCUT2D eigenvalue weighted by Gasteiger charge is 2.31. The van der Waals surface area contributed by atoms with Gasteiger partial charge in [0.1, 0.15) is 5.82 Å². The number of carbonyl (C=O) groups is 1. The number of aliphatic imine (C=N–C) groups is 1. The van der Waals surface area contributed by atoms with Gasteiger partial charge >= 0.3 is 6.18 Å². The van der Waals surface area contributed by atoms with Crippen LogP contribution in [0.3, 0.4) is 0 Å². The molecule has 0 spiro atoms. The maximum absolute atomic E-state index is 14.2. The van der Waals surface area contributed by atoms with Crippen molar-refractivity contribution in [1.82, 2.24) is 0 Å². The molecule has 0 radical (unpaired) electrons. The molecule has 4 nitrogen and oxygen atoms in total. The lowest BCUT2D eigenvalue weighted by molar-refractivity contribution is -0.137. The minimum absolute atomic E-state index is 0.0422. The van der Waals surface area contributed by atoms with Gasteiger partial charge in [-0.2, -0.15) is 13.2 Å². The number of carbonyl (C=O) groups excluding carboxylic acids is 1. The van der Waals surface area contributed by atoms with Crippen molar-refractivity contribution in [1.29, 1.82) is 0 Å². The largest absolute Gasteiger partial charge is 0.416 e. The number of alkyl halides is 3. The quantitative estimate of drug-likeness (QED) is 0.513. The zero-order valence-electron chi connectivity index (χ0n) is 16.0. The van der Waals surface area contributed by atoms with Gasteiger partial charge in [0, 0.05) is 11.8 Å². The highest BCUT2D eigenvalue weighted by Crippen LogP contribution is 2.36. The molecule has 0 saturated carbocycles. The molecule has 9 heteroatoms. The highest BCUT2D eigenvalue weighted by molar-refractivity contribution is 8.13. The summed E-state index contributed by atoms with van der Waals surface area (Å²) < 4.78 is 52.6. The minimum atomic E-state index is -4.48. The number of hydrogen-bond donors (Lipinski definition) is 2. The van der Waals surface area contributed by atoms with Crippen LogP contribution >= 0.6 is 11.8 Å². The molecule has 158 valence electrons. The molecule has 3 N–H and O–H groups in total. The molecule has 1 aliphatic heterocycles. The van der Waals surface area contributed by atoms with Gasteiger partial charge in [-0.1, -0.05) is 30.0 Å². The Hall–Kier alpha value is -2.81. The first-order valence-corrected chi connectivity index (χ1v) is 10.00. The van der Waals surface area contributed by atoms with E-state index in [1.54, 1.807) is 6.07 Å². The smallest absolute Gasteiger partial charge is 0.379 e. The van der Waals surface area contributed by atoms with Crippen LogP contribution < -0.4 is 11.1 Å². The SMILES string of the molecule is CC1(c2ccc(F)c(NC(=O)C=Cc3cccc(C(F)(F)F)c3)c2)CCSC(N)=N1. The topological polar surface area (TPSA) is 67.5 Å². The van der Waals surface area contributed by atoms with Crippen LogP contribution in [0.15, 0.2) is 53.5 Å². The normalized spacial score (nSPS) is 19.6. The lowest BCUT2D eigenvalue weighted by Crippen LogP contribution is -2.29. The Labute approximate surface area is 175 Å². The van der Waals surface area contributed by atoms with Crippen molar-refractivity contribution in [3.05, 3.63) is 71.0 Å². The van der Waals surface area contributed by atoms with Crippen molar-refractivity contribution in [3.8, 4) is 0 Å². The second-order valence-corrected chi connectivity index (χ2v) is 8.08. The molecule has 2 aromatic carbocycles. The Bertz CT molecular complexity index is 1020. The molecule has 1 atom stereocenters. The van der Waals surface area contributed by atoms with Crippen molar-refractivity contribution >= 4 is 34.6 Å². The van der Waals surface area contributed by atoms with E-state index in [0.29, 0.717) is 17.2 Å². The van der Waals surface area contributed by atoms with E-state index >= 15 is 0 Å². The first-order valence-electron chi connectivity index (χ1n) is 9.01. The zero-order valence-corrected chi connectivity index (χ0v) is 16.8. The predicted molar refractivity (Wildman–Crippen MR) is 112 cm³/mol. The molecule has 0 bridgehead atoms. The highest BCUT2D eigenvalue weighted by atomic mass is 32.2. The van der Waals surface area contributed by atoms with Crippen molar-refractivity contribution in [2.24, 2.45) is 10.7 Å². The number of benzene rings is 2. The van der Waals surface area contributed by atoms with Crippen LogP contribution in [0.25, 0.3) is 6.08 Å². The first kappa shape index (κ1) is 21.9. The Morgan fingerprint density at radius 2 is 2.03 bits per heavy atom. The van der Waals surface area contributed by atoms with Gasteiger partial charge in [-0.3, -0.25) is 9.79 Å². The van der Waals surface area contributed by atoms with E-state index < -0.39 is 29.0 Å². The number of amides is 1. The number of thioether (sulfide) groups is 1. The monoisotopic (exact) mass is 437 g/mol. The average Bonchev–Trinajstić information content (AvgIpc) is 2.67. The summed E-state index contributed by atoms with van der Waals surface area (Å²) >= 11 is 1.44. The molecule has 30 heavy (non-hydrogen) atoms. The molecule has 0 aliphatic carbocycles. The Morgan fingerprint density at radius 3 is 2.73 bits per heavy atom. The van der Waals surface area contributed by atoms with Crippen molar-refractivity contribution < 1.29 is 22.4 Å². The van der Waals surface area contributed by atoms with E-state index in [1.165, 1.54) is 42.1 Å². The van der Waals surface area contributed by atoms with E-state index in [-0.39, 0.29) is 11.3 Å². The van der Waals surface area contributed by atoms with E-state index in [0.717, 1.165) is 24.0 Å². The van der Waals surface area contributed by atoms with Gasteiger partial charge in [-0.15, -0.1) is 0 Å². The molecule has 1 heterocycles. The zero-order chi connectivity index (χ0) is 21.9. The van der Waals surface area contributed by atoms with Crippen LogP contribution in [0.4, 0.5) is 23.2 Å². The third-order valence-electron chi connectivity index (χ3n) is 4.68. The number of anilines is 1. The van der Waals surface area contributed by atoms with Gasteiger partial charge < -0.3 is 11.1 Å². The Kier molecular flexibility index (Phi) is 6.21. The number of rotatable bonds is 4. The van der Waals surface area contributed by atoms with Gasteiger partial charge in [0.05, 0.1) is 16.8 Å². The van der Waals surface area contributed by atoms with Crippen LogP contribution in [0.1, 0.15) is 30.0 Å². The number of halogens is 4. The molecule has 0 aromatic heterocycles. The second kappa shape index (κ2) is 8.51. The molecular formula is C21H19F4N3OS. The summed E-state index contributed by atoms with van der Waals surface area (Å²) in [6.07, 6.45) is -1.49. The van der Waals surface area contributed by atoms with Crippen LogP contribution in [-0.4, -0.2) is 16.8 Å². The van der Waals surface area contributed by atoms with Crippen molar-refractivity contribution in [2.45, 2.75) is 25.1 Å². The molecule has 1 aliphatic rings. The second-order valence-electron chi connectivity index (χ2n) is 6.96. The van der Waals surface area contributed by atoms with Gasteiger partial charge in [0.2, 0.25) is 5.91 Å². The van der Waals surface area contributed by atoms with E-state index in [4.69, 9.17) is 5.73 Å². The maximum Gasteiger partial charge on any atom is 0.416 e. The molecule has 0 saturated heterocycles. The first-order chi connectivity index (χ1) is 14.1. The summed E-state index contributed by atoms with van der Waals surface area (Å²) in [6.45, 7) is 1.88. The van der Waals surface area contributed by atoms with Crippen LogP contribution in [0, 0.1) is 5.82 Å². The van der Waals surface area contributed by atoms with Gasteiger partial charge in [0.15, 0.2) is 5.17 Å². The Morgan fingerprint density at radius 1 is 1.27 bits per heavy atom. The fraction of sp³-hybridized carbons (Fsp3) is 0.238. The van der Waals surface area contributed by atoms with Crippen molar-refractivity contribution in [3.63, 3.8) is 0 Å². The fourth-order valence-electron chi connectivity index (χ4n) is 3.02. The average molecular weight is 437 g/mol. The van der Waals surface area contributed by atoms with Crippen LogP contribution in [0.5, 0.6) is 0 Å². The standard InChI is InChI=1S/C21H19F4N3OS/c1-20(9-10-30-19(26)28-20)14-6-7-16(22)17(12-14)27-18(29)8-5-13-3-2-4-15(11-13)21(23,24)25/h2-8,11-12H,9-10H2,1H3,(H2,26,28)(H,27,29). The summed E-state index contributed by atoms with van der Waals surface area (Å²) in [5.74, 6) is -0.536. The fourth-order valence-corrected chi connectivity index (χ4v) is 3.99. The molecule has 1 unspecified atom stereocenters. The van der Waals surface area contributed by atoms with Gasteiger partial charge in [-0.25, -0.2) is 4.39 Å². The lowest BCUT2D eigenvalue weighted by Gasteiger charge is -2.30. The third-order valence-corrected chi connectivity index (χ3v) is 5.48. The number of amidine groups is 1. The number of nitrogens with zero attached hydrogens (tertiary/aromatic N) is 1. The third kappa shape index (κ3) is 5.21. The summed E-state index contributed by atoms with van der Waals surface area (Å²) in [4.78, 5) is 16.7. The molecule has 3 rings (SSSR count). The molecule has 1 amide bonds. The van der Waals surface area contributed by atoms with E-state index in [2.05, 4.69) is 10.3 Å². The number of hydrogen-bond acceptors (Lipinski definition) is 4. The summed E-state index contributed by atoms with van der Waals surface area (Å²) in [5.41, 5.74) is 5.23. The Balaban J connectivity index is 1.77. The van der Waals surface area contributed by atoms with Gasteiger partial charge in [0.25, 0.3) is 0 Å². The minimum Gasteiger partial charge on any atom is -0.379 e. The molecule has 2 aromatic rings. The summed E-state index contributed by atoms with van der Waals surface area (Å²) in [6, 6.07) is 8.88. The lowest BCUT2D eigenvalue weighted by atomic mass is 9.89. The molecule has 0 fully saturated rings. The molecular weight excluding hydrogens is 418 g/mol. The van der Waals surface area contributed by atoms with Gasteiger partial charge in [-0.05, 0) is 54.8 Å². The predicted octanol–water partition coefficient (Wildman–Crippen LogP) is 5.16.